The maximum atomic E-state index is 12.4. The second kappa shape index (κ2) is 6.75. The van der Waals surface area contributed by atoms with E-state index in [1.165, 1.54) is 6.92 Å². The van der Waals surface area contributed by atoms with E-state index in [1.807, 2.05) is 6.92 Å². The summed E-state index contributed by atoms with van der Waals surface area (Å²) in [6.45, 7) is 2.69. The maximum Gasteiger partial charge on any atom is 0.402 e. The molecule has 1 aromatic heterocycles. The molecule has 0 spiro atoms. The Morgan fingerprint density at radius 1 is 1.38 bits per heavy atom. The van der Waals surface area contributed by atoms with Gasteiger partial charge in [-0.25, -0.2) is 8.42 Å². The monoisotopic (exact) mass is 328 g/mol. The molecule has 0 atom stereocenters. The number of nitrogens with zero attached hydrogens (tertiary/aromatic N) is 2. The van der Waals surface area contributed by atoms with E-state index in [0.717, 1.165) is 13.5 Å². The van der Waals surface area contributed by atoms with Crippen LogP contribution in [0.3, 0.4) is 0 Å². The zero-order valence-electron chi connectivity index (χ0n) is 12.1. The van der Waals surface area contributed by atoms with Crippen molar-refractivity contribution < 1.29 is 21.6 Å². The second-order valence-electron chi connectivity index (χ2n) is 4.68. The molecule has 0 aliphatic heterocycles. The summed E-state index contributed by atoms with van der Waals surface area (Å²) >= 11 is 0. The first-order chi connectivity index (χ1) is 9.59. The Hall–Kier alpha value is -1.13. The van der Waals surface area contributed by atoms with Gasteiger partial charge in [0.2, 0.25) is 10.0 Å². The molecule has 0 amide bonds. The third-order valence-electron chi connectivity index (χ3n) is 2.75. The van der Waals surface area contributed by atoms with Gasteiger partial charge in [0.1, 0.15) is 11.4 Å². The molecule has 0 bridgehead atoms. The van der Waals surface area contributed by atoms with Crippen molar-refractivity contribution in [2.45, 2.75) is 37.9 Å². The largest absolute Gasteiger partial charge is 0.402 e. The number of aryl methyl sites for hydroxylation is 1. The normalized spacial score (nSPS) is 13.1. The van der Waals surface area contributed by atoms with Crippen LogP contribution in [0.1, 0.15) is 24.7 Å². The van der Waals surface area contributed by atoms with Crippen LogP contribution in [0, 0.1) is 6.92 Å². The first-order valence-corrected chi connectivity index (χ1v) is 7.81. The van der Waals surface area contributed by atoms with Crippen LogP contribution >= 0.6 is 0 Å². The van der Waals surface area contributed by atoms with Crippen LogP contribution in [0.5, 0.6) is 0 Å². The van der Waals surface area contributed by atoms with Crippen molar-refractivity contribution in [3.63, 3.8) is 0 Å². The Bertz CT molecular complexity index is 569. The Morgan fingerprint density at radius 3 is 2.52 bits per heavy atom. The average molecular weight is 328 g/mol. The molecule has 6 nitrogen and oxygen atoms in total. The van der Waals surface area contributed by atoms with Gasteiger partial charge in [-0.3, -0.25) is 5.10 Å². The number of aromatic nitrogens is 2. The zero-order valence-corrected chi connectivity index (χ0v) is 12.9. The summed E-state index contributed by atoms with van der Waals surface area (Å²) < 4.78 is 62.0. The Balaban J connectivity index is 3.05. The van der Waals surface area contributed by atoms with E-state index in [4.69, 9.17) is 0 Å². The predicted molar refractivity (Wildman–Crippen MR) is 71.2 cm³/mol. The summed E-state index contributed by atoms with van der Waals surface area (Å²) in [5.41, 5.74) is 0.410. The molecular formula is C11H19F3N4O2S. The number of alkyl halides is 3. The fourth-order valence-electron chi connectivity index (χ4n) is 1.81. The molecule has 0 saturated heterocycles. The van der Waals surface area contributed by atoms with Crippen molar-refractivity contribution in [3.05, 3.63) is 11.4 Å². The topological polar surface area (TPSA) is 78.1 Å². The van der Waals surface area contributed by atoms with Gasteiger partial charge >= 0.3 is 6.18 Å². The highest BCUT2D eigenvalue weighted by Gasteiger charge is 2.37. The zero-order chi connectivity index (χ0) is 16.3. The van der Waals surface area contributed by atoms with Gasteiger partial charge < -0.3 is 5.32 Å². The van der Waals surface area contributed by atoms with Crippen LogP contribution < -0.4 is 5.32 Å². The van der Waals surface area contributed by atoms with Crippen LogP contribution in [-0.4, -0.2) is 49.2 Å². The number of hydrogen-bond donors (Lipinski definition) is 2. The summed E-state index contributed by atoms with van der Waals surface area (Å²) in [4.78, 5) is -0.196. The Kier molecular flexibility index (Phi) is 5.76. The molecule has 1 heterocycles. The Labute approximate surface area is 121 Å². The van der Waals surface area contributed by atoms with Crippen molar-refractivity contribution in [1.82, 2.24) is 19.8 Å². The van der Waals surface area contributed by atoms with E-state index in [0.29, 0.717) is 6.54 Å². The summed E-state index contributed by atoms with van der Waals surface area (Å²) in [6.07, 6.45) is -3.75. The van der Waals surface area contributed by atoms with Crippen LogP contribution in [0.4, 0.5) is 13.2 Å². The molecule has 0 unspecified atom stereocenters. The Morgan fingerprint density at radius 2 is 2.00 bits per heavy atom. The minimum absolute atomic E-state index is 0.173. The lowest BCUT2D eigenvalue weighted by Crippen LogP contribution is -2.36. The lowest BCUT2D eigenvalue weighted by molar-refractivity contribution is -0.134. The van der Waals surface area contributed by atoms with Crippen molar-refractivity contribution in [2.75, 3.05) is 20.1 Å². The number of aromatic amines is 1. The molecule has 1 aromatic rings. The fourth-order valence-corrected chi connectivity index (χ4v) is 3.28. The number of H-pyrrole nitrogens is 1. The number of halogens is 3. The van der Waals surface area contributed by atoms with Gasteiger partial charge in [0.15, 0.2) is 0 Å². The fraction of sp³-hybridized carbons (Fsp3) is 0.727. The van der Waals surface area contributed by atoms with Crippen LogP contribution in [0.2, 0.25) is 0 Å². The maximum absolute atomic E-state index is 12.4. The van der Waals surface area contributed by atoms with Crippen molar-refractivity contribution in [3.8, 4) is 0 Å². The molecule has 0 aromatic carbocycles. The first-order valence-electron chi connectivity index (χ1n) is 6.37. The smallest absolute Gasteiger partial charge is 0.311 e. The number of sulfonamides is 1. The SMILES string of the molecule is CCCNCc1n[nH]c(C)c1S(=O)(=O)N(C)CC(F)(F)F. The number of rotatable bonds is 7. The average Bonchev–Trinajstić information content (AvgIpc) is 2.69. The first kappa shape index (κ1) is 17.9. The third kappa shape index (κ3) is 4.68. The molecule has 21 heavy (non-hydrogen) atoms. The van der Waals surface area contributed by atoms with E-state index < -0.39 is 22.7 Å². The van der Waals surface area contributed by atoms with Crippen LogP contribution in [0.25, 0.3) is 0 Å². The molecule has 122 valence electrons. The highest BCUT2D eigenvalue weighted by atomic mass is 32.2. The van der Waals surface area contributed by atoms with E-state index in [1.54, 1.807) is 0 Å². The minimum atomic E-state index is -4.60. The molecule has 2 N–H and O–H groups in total. The summed E-state index contributed by atoms with van der Waals surface area (Å²) in [5, 5.41) is 9.35. The van der Waals surface area contributed by atoms with E-state index in [9.17, 15) is 21.6 Å². The van der Waals surface area contributed by atoms with Gasteiger partial charge in [0.05, 0.1) is 11.4 Å². The predicted octanol–water partition coefficient (Wildman–Crippen LogP) is 1.40. The third-order valence-corrected chi connectivity index (χ3v) is 4.76. The number of hydrogen-bond acceptors (Lipinski definition) is 4. The minimum Gasteiger partial charge on any atom is -0.311 e. The van der Waals surface area contributed by atoms with Gasteiger partial charge in [0, 0.05) is 13.6 Å². The van der Waals surface area contributed by atoms with E-state index in [-0.39, 0.29) is 27.1 Å². The van der Waals surface area contributed by atoms with Crippen molar-refractivity contribution in [1.29, 1.82) is 0 Å². The highest BCUT2D eigenvalue weighted by molar-refractivity contribution is 7.89. The standard InChI is InChI=1S/C11H19F3N4O2S/c1-4-5-15-6-9-10(8(2)16-17-9)21(19,20)18(3)7-11(12,13)14/h15H,4-7H2,1-3H3,(H,16,17). The highest BCUT2D eigenvalue weighted by Crippen LogP contribution is 2.24. The molecule has 0 fully saturated rings. The lowest BCUT2D eigenvalue weighted by atomic mass is 10.3. The van der Waals surface area contributed by atoms with Crippen LogP contribution in [-0.2, 0) is 16.6 Å². The second-order valence-corrected chi connectivity index (χ2v) is 6.66. The molecule has 0 aliphatic carbocycles. The van der Waals surface area contributed by atoms with E-state index >= 15 is 0 Å². The molecule has 0 saturated carbocycles. The molecule has 0 aliphatic rings. The number of nitrogens with one attached hydrogen (secondary N) is 2. The van der Waals surface area contributed by atoms with Gasteiger partial charge in [-0.05, 0) is 19.9 Å². The van der Waals surface area contributed by atoms with Gasteiger partial charge in [-0.1, -0.05) is 6.92 Å². The van der Waals surface area contributed by atoms with E-state index in [2.05, 4.69) is 15.5 Å². The van der Waals surface area contributed by atoms with Crippen molar-refractivity contribution >= 4 is 10.0 Å². The van der Waals surface area contributed by atoms with Crippen LogP contribution in [0.15, 0.2) is 4.90 Å². The van der Waals surface area contributed by atoms with Gasteiger partial charge in [-0.15, -0.1) is 0 Å². The summed E-state index contributed by atoms with van der Waals surface area (Å²) in [7, 11) is -3.35. The summed E-state index contributed by atoms with van der Waals surface area (Å²) in [5.74, 6) is 0. The molecular weight excluding hydrogens is 309 g/mol. The molecule has 10 heteroatoms. The molecule has 1 rings (SSSR count). The van der Waals surface area contributed by atoms with Gasteiger partial charge in [-0.2, -0.15) is 22.6 Å². The summed E-state index contributed by atoms with van der Waals surface area (Å²) in [6, 6.07) is 0. The van der Waals surface area contributed by atoms with Gasteiger partial charge in [0.25, 0.3) is 0 Å². The van der Waals surface area contributed by atoms with Crippen molar-refractivity contribution in [2.24, 2.45) is 0 Å². The quantitative estimate of drug-likeness (QED) is 0.742. The lowest BCUT2D eigenvalue weighted by Gasteiger charge is -2.19. The molecule has 0 radical (unpaired) electrons.